The van der Waals surface area contributed by atoms with Crippen molar-refractivity contribution in [1.29, 1.82) is 0 Å². The van der Waals surface area contributed by atoms with Gasteiger partial charge in [-0.25, -0.2) is 0 Å². The number of carbonyl (C=O) groups excluding carboxylic acids is 1. The van der Waals surface area contributed by atoms with E-state index in [0.717, 1.165) is 17.4 Å². The molecule has 3 aromatic rings. The van der Waals surface area contributed by atoms with Crippen molar-refractivity contribution >= 4 is 17.7 Å². The van der Waals surface area contributed by atoms with Gasteiger partial charge in [-0.15, -0.1) is 10.2 Å². The van der Waals surface area contributed by atoms with Crippen LogP contribution >= 0.6 is 11.8 Å². The van der Waals surface area contributed by atoms with Crippen LogP contribution in [0.25, 0.3) is 0 Å². The van der Waals surface area contributed by atoms with Gasteiger partial charge in [0.1, 0.15) is 5.82 Å². The first-order chi connectivity index (χ1) is 12.7. The van der Waals surface area contributed by atoms with Crippen molar-refractivity contribution in [1.82, 2.24) is 20.1 Å². The minimum atomic E-state index is 0.0119. The van der Waals surface area contributed by atoms with Gasteiger partial charge >= 0.3 is 0 Å². The molecular weight excluding hydrogens is 344 g/mol. The maximum absolute atomic E-state index is 12.1. The maximum atomic E-state index is 12.1. The first-order valence-electron chi connectivity index (χ1n) is 8.59. The first kappa shape index (κ1) is 18.2. The number of rotatable bonds is 8. The summed E-state index contributed by atoms with van der Waals surface area (Å²) >= 11 is 1.42. The molecule has 3 rings (SSSR count). The van der Waals surface area contributed by atoms with Gasteiger partial charge in [0.2, 0.25) is 5.91 Å². The normalized spacial score (nSPS) is 10.7. The van der Waals surface area contributed by atoms with Crippen LogP contribution in [0.2, 0.25) is 0 Å². The van der Waals surface area contributed by atoms with E-state index in [2.05, 4.69) is 39.8 Å². The molecule has 0 radical (unpaired) electrons. The molecule has 0 aliphatic carbocycles. The van der Waals surface area contributed by atoms with Crippen molar-refractivity contribution in [3.05, 3.63) is 77.6 Å². The van der Waals surface area contributed by atoms with Gasteiger partial charge in [-0.3, -0.25) is 4.79 Å². The van der Waals surface area contributed by atoms with Gasteiger partial charge in [-0.1, -0.05) is 72.4 Å². The van der Waals surface area contributed by atoms with E-state index in [0.29, 0.717) is 18.8 Å². The second-order valence-electron chi connectivity index (χ2n) is 5.98. The summed E-state index contributed by atoms with van der Waals surface area (Å²) in [4.78, 5) is 12.1. The number of thioether (sulfide) groups is 1. The van der Waals surface area contributed by atoms with Crippen molar-refractivity contribution in [2.75, 3.05) is 12.3 Å². The van der Waals surface area contributed by atoms with Gasteiger partial charge in [-0.05, 0) is 24.5 Å². The molecule has 0 aliphatic rings. The quantitative estimate of drug-likeness (QED) is 0.623. The molecule has 0 fully saturated rings. The molecule has 1 heterocycles. The van der Waals surface area contributed by atoms with Crippen LogP contribution in [0.15, 0.2) is 65.8 Å². The van der Waals surface area contributed by atoms with E-state index in [4.69, 9.17) is 0 Å². The van der Waals surface area contributed by atoms with Gasteiger partial charge in [0.05, 0.1) is 12.3 Å². The van der Waals surface area contributed by atoms with Crippen LogP contribution in [0.4, 0.5) is 0 Å². The Morgan fingerprint density at radius 1 is 1.00 bits per heavy atom. The molecular formula is C20H22N4OS. The summed E-state index contributed by atoms with van der Waals surface area (Å²) < 4.78 is 2.04. The molecule has 0 atom stereocenters. The minimum absolute atomic E-state index is 0.0119. The third kappa shape index (κ3) is 5.20. The Balaban J connectivity index is 1.49. The van der Waals surface area contributed by atoms with Gasteiger partial charge < -0.3 is 9.88 Å². The molecule has 0 aliphatic heterocycles. The molecule has 1 amide bonds. The summed E-state index contributed by atoms with van der Waals surface area (Å²) in [6.07, 6.45) is 0.834. The van der Waals surface area contributed by atoms with Crippen LogP contribution < -0.4 is 5.32 Å². The van der Waals surface area contributed by atoms with E-state index in [1.54, 1.807) is 0 Å². The fourth-order valence-corrected chi connectivity index (χ4v) is 3.40. The minimum Gasteiger partial charge on any atom is -0.355 e. The number of hydrogen-bond acceptors (Lipinski definition) is 4. The predicted molar refractivity (Wildman–Crippen MR) is 104 cm³/mol. The maximum Gasteiger partial charge on any atom is 0.230 e. The van der Waals surface area contributed by atoms with Crippen LogP contribution in [0.3, 0.4) is 0 Å². The standard InChI is InChI=1S/C20H22N4OS/c1-16-22-23-20(24(16)14-18-10-6-3-7-11-18)26-15-19(25)21-13-12-17-8-4-2-5-9-17/h2-11H,12-15H2,1H3,(H,21,25). The fourth-order valence-electron chi connectivity index (χ4n) is 2.59. The smallest absolute Gasteiger partial charge is 0.230 e. The summed E-state index contributed by atoms with van der Waals surface area (Å²) in [5.74, 6) is 1.19. The summed E-state index contributed by atoms with van der Waals surface area (Å²) in [7, 11) is 0. The van der Waals surface area contributed by atoms with Gasteiger partial charge in [0.15, 0.2) is 5.16 Å². The van der Waals surface area contributed by atoms with Crippen LogP contribution in [-0.4, -0.2) is 33.0 Å². The van der Waals surface area contributed by atoms with Gasteiger partial charge in [0, 0.05) is 6.54 Å². The van der Waals surface area contributed by atoms with Crippen molar-refractivity contribution in [2.45, 2.75) is 25.0 Å². The van der Waals surface area contributed by atoms with E-state index in [1.165, 1.54) is 22.9 Å². The molecule has 5 nitrogen and oxygen atoms in total. The monoisotopic (exact) mass is 366 g/mol. The molecule has 0 bridgehead atoms. The highest BCUT2D eigenvalue weighted by Gasteiger charge is 2.12. The number of hydrogen-bond donors (Lipinski definition) is 1. The second kappa shape index (κ2) is 9.20. The molecule has 0 saturated heterocycles. The molecule has 1 aromatic heterocycles. The lowest BCUT2D eigenvalue weighted by molar-refractivity contribution is -0.118. The van der Waals surface area contributed by atoms with Gasteiger partial charge in [0.25, 0.3) is 0 Å². The molecule has 6 heteroatoms. The number of amides is 1. The number of aromatic nitrogens is 3. The Morgan fingerprint density at radius 2 is 1.65 bits per heavy atom. The van der Waals surface area contributed by atoms with Gasteiger partial charge in [-0.2, -0.15) is 0 Å². The Kier molecular flexibility index (Phi) is 6.44. The van der Waals surface area contributed by atoms with Crippen molar-refractivity contribution in [3.8, 4) is 0 Å². The van der Waals surface area contributed by atoms with Crippen LogP contribution in [0.5, 0.6) is 0 Å². The lowest BCUT2D eigenvalue weighted by Gasteiger charge is -2.09. The molecule has 0 saturated carbocycles. The Bertz CT molecular complexity index is 834. The van der Waals surface area contributed by atoms with E-state index in [9.17, 15) is 4.79 Å². The Morgan fingerprint density at radius 3 is 2.35 bits per heavy atom. The topological polar surface area (TPSA) is 59.8 Å². The van der Waals surface area contributed by atoms with Crippen LogP contribution in [-0.2, 0) is 17.8 Å². The lowest BCUT2D eigenvalue weighted by Crippen LogP contribution is -2.27. The average molecular weight is 366 g/mol. The summed E-state index contributed by atoms with van der Waals surface area (Å²) in [6, 6.07) is 20.3. The highest BCUT2D eigenvalue weighted by molar-refractivity contribution is 7.99. The molecule has 0 unspecified atom stereocenters. The largest absolute Gasteiger partial charge is 0.355 e. The van der Waals surface area contributed by atoms with Crippen molar-refractivity contribution in [2.24, 2.45) is 0 Å². The summed E-state index contributed by atoms with van der Waals surface area (Å²) in [6.45, 7) is 3.27. The predicted octanol–water partition coefficient (Wildman–Crippen LogP) is 3.09. The third-order valence-corrected chi connectivity index (χ3v) is 4.96. The molecule has 1 N–H and O–H groups in total. The number of nitrogens with one attached hydrogen (secondary N) is 1. The number of carbonyl (C=O) groups is 1. The Labute approximate surface area is 157 Å². The second-order valence-corrected chi connectivity index (χ2v) is 6.92. The van der Waals surface area contributed by atoms with Crippen molar-refractivity contribution < 1.29 is 4.79 Å². The van der Waals surface area contributed by atoms with E-state index in [-0.39, 0.29) is 5.91 Å². The molecule has 26 heavy (non-hydrogen) atoms. The number of aryl methyl sites for hydroxylation is 1. The van der Waals surface area contributed by atoms with E-state index < -0.39 is 0 Å². The highest BCUT2D eigenvalue weighted by atomic mass is 32.2. The summed E-state index contributed by atoms with van der Waals surface area (Å²) in [5, 5.41) is 12.1. The van der Waals surface area contributed by atoms with Crippen LogP contribution in [0.1, 0.15) is 17.0 Å². The Hall–Kier alpha value is -2.60. The third-order valence-electron chi connectivity index (χ3n) is 4.00. The zero-order valence-corrected chi connectivity index (χ0v) is 15.6. The lowest BCUT2D eigenvalue weighted by atomic mass is 10.1. The molecule has 2 aromatic carbocycles. The van der Waals surface area contributed by atoms with Crippen molar-refractivity contribution in [3.63, 3.8) is 0 Å². The van der Waals surface area contributed by atoms with Crippen LogP contribution in [0, 0.1) is 6.92 Å². The highest BCUT2D eigenvalue weighted by Crippen LogP contribution is 2.18. The molecule has 134 valence electrons. The van der Waals surface area contributed by atoms with E-state index >= 15 is 0 Å². The zero-order valence-electron chi connectivity index (χ0n) is 14.8. The molecule has 0 spiro atoms. The first-order valence-corrected chi connectivity index (χ1v) is 9.58. The fraction of sp³-hybridized carbons (Fsp3) is 0.250. The summed E-state index contributed by atoms with van der Waals surface area (Å²) in [5.41, 5.74) is 2.41. The average Bonchev–Trinajstić information content (AvgIpc) is 3.01. The SMILES string of the molecule is Cc1nnc(SCC(=O)NCCc2ccccc2)n1Cc1ccccc1. The van der Waals surface area contributed by atoms with E-state index in [1.807, 2.05) is 47.9 Å². The zero-order chi connectivity index (χ0) is 18.2. The number of nitrogens with zero attached hydrogens (tertiary/aromatic N) is 3. The number of benzene rings is 2.